The van der Waals surface area contributed by atoms with E-state index in [0.717, 1.165) is 28.2 Å². The van der Waals surface area contributed by atoms with E-state index in [9.17, 15) is 9.59 Å². The highest BCUT2D eigenvalue weighted by atomic mass is 16.2. The van der Waals surface area contributed by atoms with Crippen LogP contribution in [0.4, 0.5) is 5.69 Å². The number of piperidine rings is 1. The van der Waals surface area contributed by atoms with Crippen molar-refractivity contribution in [2.24, 2.45) is 5.92 Å². The van der Waals surface area contributed by atoms with E-state index in [1.54, 1.807) is 0 Å². The fourth-order valence-corrected chi connectivity index (χ4v) is 4.53. The first-order valence-electron chi connectivity index (χ1n) is 11.3. The van der Waals surface area contributed by atoms with Gasteiger partial charge in [0.2, 0.25) is 5.91 Å². The van der Waals surface area contributed by atoms with Crippen molar-refractivity contribution in [1.29, 1.82) is 0 Å². The second-order valence-corrected chi connectivity index (χ2v) is 8.46. The highest BCUT2D eigenvalue weighted by Crippen LogP contribution is 2.25. The maximum absolute atomic E-state index is 13.2. The number of nitrogens with one attached hydrogen (secondary N) is 1. The van der Waals surface area contributed by atoms with E-state index >= 15 is 0 Å². The van der Waals surface area contributed by atoms with Crippen molar-refractivity contribution < 1.29 is 9.59 Å². The third-order valence-electron chi connectivity index (χ3n) is 6.28. The fraction of sp³-hybridized carbons (Fsp3) is 0.222. The number of fused-ring (bicyclic) bond motifs is 1. The predicted molar refractivity (Wildman–Crippen MR) is 130 cm³/mol. The number of imidazole rings is 1. The molecular weight excluding hydrogens is 412 g/mol. The van der Waals surface area contributed by atoms with Gasteiger partial charge in [0.05, 0.1) is 11.0 Å². The molecule has 0 spiro atoms. The number of likely N-dealkylation sites (tertiary alicyclic amines) is 1. The Morgan fingerprint density at radius 3 is 2.27 bits per heavy atom. The summed E-state index contributed by atoms with van der Waals surface area (Å²) < 4.78 is 2.10. The minimum absolute atomic E-state index is 0.00858. The molecule has 1 aromatic heterocycles. The van der Waals surface area contributed by atoms with Crippen LogP contribution in [0, 0.1) is 12.8 Å². The van der Waals surface area contributed by atoms with Crippen LogP contribution in [-0.4, -0.2) is 39.4 Å². The van der Waals surface area contributed by atoms with Gasteiger partial charge in [-0.1, -0.05) is 36.4 Å². The summed E-state index contributed by atoms with van der Waals surface area (Å²) in [7, 11) is 0. The molecule has 166 valence electrons. The predicted octanol–water partition coefficient (Wildman–Crippen LogP) is 4.82. The normalized spacial score (nSPS) is 14.4. The molecule has 0 atom stereocenters. The number of para-hydroxylation sites is 2. The Kier molecular flexibility index (Phi) is 5.65. The second-order valence-electron chi connectivity index (χ2n) is 8.46. The molecule has 0 radical (unpaired) electrons. The van der Waals surface area contributed by atoms with Crippen LogP contribution in [0.5, 0.6) is 0 Å². The van der Waals surface area contributed by atoms with Crippen molar-refractivity contribution in [3.05, 3.63) is 90.3 Å². The number of amides is 2. The Labute approximate surface area is 192 Å². The molecule has 0 saturated carbocycles. The molecule has 0 aliphatic carbocycles. The number of rotatable bonds is 4. The summed E-state index contributed by atoms with van der Waals surface area (Å²) in [6.45, 7) is 3.11. The number of hydrogen-bond donors (Lipinski definition) is 1. The number of carbonyl (C=O) groups is 2. The Bertz CT molecular complexity index is 1290. The number of anilines is 1. The molecule has 6 nitrogen and oxygen atoms in total. The first-order valence-corrected chi connectivity index (χ1v) is 11.3. The molecule has 1 aliphatic rings. The zero-order chi connectivity index (χ0) is 22.8. The van der Waals surface area contributed by atoms with E-state index in [0.29, 0.717) is 31.5 Å². The van der Waals surface area contributed by atoms with Crippen LogP contribution >= 0.6 is 0 Å². The van der Waals surface area contributed by atoms with Crippen LogP contribution in [0.1, 0.15) is 29.0 Å². The van der Waals surface area contributed by atoms with Gasteiger partial charge in [-0.3, -0.25) is 14.2 Å². The molecule has 3 aromatic carbocycles. The molecule has 1 fully saturated rings. The Morgan fingerprint density at radius 1 is 0.909 bits per heavy atom. The van der Waals surface area contributed by atoms with Gasteiger partial charge in [-0.2, -0.15) is 0 Å². The lowest BCUT2D eigenvalue weighted by molar-refractivity contribution is -0.121. The van der Waals surface area contributed by atoms with Crippen molar-refractivity contribution in [3.63, 3.8) is 0 Å². The van der Waals surface area contributed by atoms with E-state index in [2.05, 4.69) is 9.88 Å². The van der Waals surface area contributed by atoms with Gasteiger partial charge in [0.25, 0.3) is 5.91 Å². The van der Waals surface area contributed by atoms with Gasteiger partial charge in [-0.05, 0) is 62.2 Å². The largest absolute Gasteiger partial charge is 0.339 e. The summed E-state index contributed by atoms with van der Waals surface area (Å²) in [6, 6.07) is 25.3. The molecule has 5 rings (SSSR count). The highest BCUT2D eigenvalue weighted by Gasteiger charge is 2.28. The maximum atomic E-state index is 13.2. The first-order chi connectivity index (χ1) is 16.1. The maximum Gasteiger partial charge on any atom is 0.253 e. The first kappa shape index (κ1) is 20.9. The Hall–Kier alpha value is -3.93. The zero-order valence-electron chi connectivity index (χ0n) is 18.6. The SMILES string of the molecule is Cc1nc2cc(C(=O)N3CCC(C(=O)Nc4ccccc4)CC3)ccc2n1-c1ccccc1. The molecule has 1 aliphatic heterocycles. The molecule has 0 unspecified atom stereocenters. The minimum Gasteiger partial charge on any atom is -0.339 e. The topological polar surface area (TPSA) is 67.2 Å². The van der Waals surface area contributed by atoms with E-state index in [-0.39, 0.29) is 17.7 Å². The van der Waals surface area contributed by atoms with Crippen LogP contribution in [0.25, 0.3) is 16.7 Å². The average Bonchev–Trinajstić information content (AvgIpc) is 3.19. The molecule has 4 aromatic rings. The van der Waals surface area contributed by atoms with Crippen LogP contribution in [0.15, 0.2) is 78.9 Å². The Balaban J connectivity index is 1.27. The second kappa shape index (κ2) is 8.90. The van der Waals surface area contributed by atoms with Crippen molar-refractivity contribution >= 4 is 28.5 Å². The van der Waals surface area contributed by atoms with Gasteiger partial charge in [0.15, 0.2) is 0 Å². The summed E-state index contributed by atoms with van der Waals surface area (Å²) in [4.78, 5) is 32.3. The van der Waals surface area contributed by atoms with Gasteiger partial charge < -0.3 is 10.2 Å². The number of carbonyl (C=O) groups excluding carboxylic acids is 2. The summed E-state index contributed by atoms with van der Waals surface area (Å²) in [5, 5.41) is 2.98. The van der Waals surface area contributed by atoms with Gasteiger partial charge in [0, 0.05) is 35.9 Å². The molecule has 6 heteroatoms. The van der Waals surface area contributed by atoms with E-state index in [4.69, 9.17) is 4.98 Å². The summed E-state index contributed by atoms with van der Waals surface area (Å²) >= 11 is 0. The monoisotopic (exact) mass is 438 g/mol. The average molecular weight is 439 g/mol. The van der Waals surface area contributed by atoms with Crippen LogP contribution in [0.2, 0.25) is 0 Å². The molecule has 2 amide bonds. The molecule has 1 saturated heterocycles. The van der Waals surface area contributed by atoms with E-state index in [1.807, 2.05) is 90.7 Å². The van der Waals surface area contributed by atoms with Crippen molar-refractivity contribution in [2.45, 2.75) is 19.8 Å². The summed E-state index contributed by atoms with van der Waals surface area (Å²) in [6.07, 6.45) is 1.32. The lowest BCUT2D eigenvalue weighted by Crippen LogP contribution is -2.41. The summed E-state index contributed by atoms with van der Waals surface area (Å²) in [5.74, 6) is 0.814. The smallest absolute Gasteiger partial charge is 0.253 e. The third-order valence-corrected chi connectivity index (χ3v) is 6.28. The minimum atomic E-state index is -0.0824. The van der Waals surface area contributed by atoms with Gasteiger partial charge in [-0.25, -0.2) is 4.98 Å². The molecular formula is C27H26N4O2. The van der Waals surface area contributed by atoms with E-state index in [1.165, 1.54) is 0 Å². The van der Waals surface area contributed by atoms with Crippen LogP contribution in [-0.2, 0) is 4.79 Å². The lowest BCUT2D eigenvalue weighted by atomic mass is 9.95. The van der Waals surface area contributed by atoms with Crippen LogP contribution in [0.3, 0.4) is 0 Å². The Morgan fingerprint density at radius 2 is 1.58 bits per heavy atom. The van der Waals surface area contributed by atoms with E-state index < -0.39 is 0 Å². The number of nitrogens with zero attached hydrogens (tertiary/aromatic N) is 3. The highest BCUT2D eigenvalue weighted by molar-refractivity contribution is 5.98. The third kappa shape index (κ3) is 4.24. The van der Waals surface area contributed by atoms with Crippen molar-refractivity contribution in [1.82, 2.24) is 14.5 Å². The van der Waals surface area contributed by atoms with Crippen molar-refractivity contribution in [2.75, 3.05) is 18.4 Å². The summed E-state index contributed by atoms with van der Waals surface area (Å²) in [5.41, 5.74) is 4.27. The standard InChI is InChI=1S/C27H26N4O2/c1-19-28-24-18-21(12-13-25(24)31(19)23-10-6-3-7-11-23)27(33)30-16-14-20(15-17-30)26(32)29-22-8-4-2-5-9-22/h2-13,18,20H,14-17H2,1H3,(H,29,32). The number of hydrogen-bond acceptors (Lipinski definition) is 3. The zero-order valence-corrected chi connectivity index (χ0v) is 18.6. The van der Waals surface area contributed by atoms with Crippen molar-refractivity contribution in [3.8, 4) is 5.69 Å². The van der Waals surface area contributed by atoms with Gasteiger partial charge in [0.1, 0.15) is 5.82 Å². The quantitative estimate of drug-likeness (QED) is 0.497. The van der Waals surface area contributed by atoms with Gasteiger partial charge >= 0.3 is 0 Å². The molecule has 2 heterocycles. The fourth-order valence-electron chi connectivity index (χ4n) is 4.53. The number of aryl methyl sites for hydroxylation is 1. The molecule has 0 bridgehead atoms. The van der Waals surface area contributed by atoms with Gasteiger partial charge in [-0.15, -0.1) is 0 Å². The number of aromatic nitrogens is 2. The molecule has 1 N–H and O–H groups in total. The molecule has 33 heavy (non-hydrogen) atoms. The number of benzene rings is 3. The van der Waals surface area contributed by atoms with Crippen LogP contribution < -0.4 is 5.32 Å². The lowest BCUT2D eigenvalue weighted by Gasteiger charge is -2.31.